The van der Waals surface area contributed by atoms with Crippen LogP contribution in [-0.4, -0.2) is 0 Å². The number of rotatable bonds is 1. The third kappa shape index (κ3) is 1.40. The van der Waals surface area contributed by atoms with Gasteiger partial charge in [-0.25, -0.2) is 0 Å². The quantitative estimate of drug-likeness (QED) is 0.661. The second-order valence-corrected chi connectivity index (χ2v) is 7.07. The van der Waals surface area contributed by atoms with Crippen molar-refractivity contribution < 1.29 is 0 Å². The minimum absolute atomic E-state index is 0.458. The molecular weight excluding hydrogens is 307 g/mol. The zero-order valence-electron chi connectivity index (χ0n) is 10.0. The Morgan fingerprint density at radius 1 is 1.25 bits per heavy atom. The molecule has 0 heterocycles. The van der Waals surface area contributed by atoms with E-state index in [1.54, 1.807) is 5.56 Å². The van der Waals surface area contributed by atoms with Crippen molar-refractivity contribution in [3.8, 4) is 0 Å². The van der Waals surface area contributed by atoms with E-state index in [0.29, 0.717) is 5.41 Å². The lowest BCUT2D eigenvalue weighted by Gasteiger charge is -2.36. The normalized spacial score (nSPS) is 41.6. The highest BCUT2D eigenvalue weighted by atomic mass is 127. The van der Waals surface area contributed by atoms with Crippen LogP contribution >= 0.6 is 22.6 Å². The number of benzene rings is 1. The fourth-order valence-electron chi connectivity index (χ4n) is 4.36. The Balaban J connectivity index is 2.05. The van der Waals surface area contributed by atoms with Crippen LogP contribution in [0.5, 0.6) is 0 Å². The summed E-state index contributed by atoms with van der Waals surface area (Å²) in [6, 6.07) is 8.98. The summed E-state index contributed by atoms with van der Waals surface area (Å²) >= 11 is 2.51. The van der Waals surface area contributed by atoms with E-state index in [1.165, 1.54) is 22.8 Å². The van der Waals surface area contributed by atoms with Crippen molar-refractivity contribution in [2.75, 3.05) is 0 Å². The fraction of sp³-hybridized carbons (Fsp3) is 0.600. The van der Waals surface area contributed by atoms with Crippen LogP contribution in [0.15, 0.2) is 24.3 Å². The molecule has 3 rings (SSSR count). The summed E-state index contributed by atoms with van der Waals surface area (Å²) in [4.78, 5) is 0. The molecule has 0 N–H and O–H groups in total. The van der Waals surface area contributed by atoms with Crippen LogP contribution in [0.2, 0.25) is 0 Å². The van der Waals surface area contributed by atoms with Crippen molar-refractivity contribution >= 4 is 22.6 Å². The highest BCUT2D eigenvalue weighted by molar-refractivity contribution is 14.1. The van der Waals surface area contributed by atoms with Crippen LogP contribution < -0.4 is 0 Å². The molecule has 0 saturated heterocycles. The molecule has 2 saturated carbocycles. The van der Waals surface area contributed by atoms with E-state index < -0.39 is 0 Å². The summed E-state index contributed by atoms with van der Waals surface area (Å²) < 4.78 is 1.46. The van der Waals surface area contributed by atoms with E-state index in [4.69, 9.17) is 0 Å². The molecule has 0 aromatic heterocycles. The molecule has 0 spiro atoms. The van der Waals surface area contributed by atoms with Gasteiger partial charge in [0.05, 0.1) is 0 Å². The van der Waals surface area contributed by atoms with Crippen molar-refractivity contribution in [1.29, 1.82) is 0 Å². The average Bonchev–Trinajstić information content (AvgIpc) is 2.72. The monoisotopic (exact) mass is 326 g/mol. The standard InChI is InChI=1S/C15H19I/c1-10-11-7-8-12(10)15(2,9-11)13-5-3-4-6-14(13)16/h3-6,10-12H,7-9H2,1-2H3/t10-,11?,12?,15?/m0/s1. The molecule has 0 aliphatic heterocycles. The molecule has 3 unspecified atom stereocenters. The molecule has 2 fully saturated rings. The van der Waals surface area contributed by atoms with Crippen LogP contribution in [0.25, 0.3) is 0 Å². The van der Waals surface area contributed by atoms with E-state index in [9.17, 15) is 0 Å². The molecule has 2 aliphatic carbocycles. The predicted octanol–water partition coefficient (Wildman–Crippen LogP) is 4.61. The molecule has 2 aliphatic rings. The minimum atomic E-state index is 0.458. The summed E-state index contributed by atoms with van der Waals surface area (Å²) in [7, 11) is 0. The Labute approximate surface area is 112 Å². The molecule has 0 amide bonds. The van der Waals surface area contributed by atoms with Crippen molar-refractivity contribution in [3.63, 3.8) is 0 Å². The second-order valence-electron chi connectivity index (χ2n) is 5.90. The number of fused-ring (bicyclic) bond motifs is 2. The molecule has 1 aromatic carbocycles. The fourth-order valence-corrected chi connectivity index (χ4v) is 5.37. The van der Waals surface area contributed by atoms with Gasteiger partial charge < -0.3 is 0 Å². The molecule has 1 heteroatoms. The zero-order chi connectivity index (χ0) is 11.3. The first-order chi connectivity index (χ1) is 7.63. The number of halogens is 1. The molecule has 2 bridgehead atoms. The summed E-state index contributed by atoms with van der Waals surface area (Å²) in [5, 5.41) is 0. The smallest absolute Gasteiger partial charge is 0.0168 e. The zero-order valence-corrected chi connectivity index (χ0v) is 12.2. The highest BCUT2D eigenvalue weighted by Crippen LogP contribution is 2.60. The lowest BCUT2D eigenvalue weighted by Crippen LogP contribution is -2.30. The Bertz CT molecular complexity index is 412. The molecular formula is C15H19I. The molecule has 86 valence electrons. The van der Waals surface area contributed by atoms with Gasteiger partial charge in [0.1, 0.15) is 0 Å². The topological polar surface area (TPSA) is 0 Å². The molecule has 0 radical (unpaired) electrons. The van der Waals surface area contributed by atoms with Crippen molar-refractivity contribution in [1.82, 2.24) is 0 Å². The minimum Gasteiger partial charge on any atom is -0.0619 e. The van der Waals surface area contributed by atoms with Gasteiger partial charge in [-0.15, -0.1) is 0 Å². The van der Waals surface area contributed by atoms with Gasteiger partial charge in [-0.1, -0.05) is 32.0 Å². The lowest BCUT2D eigenvalue weighted by molar-refractivity contribution is 0.281. The van der Waals surface area contributed by atoms with Gasteiger partial charge in [0.2, 0.25) is 0 Å². The number of hydrogen-bond donors (Lipinski definition) is 0. The Kier molecular flexibility index (Phi) is 2.58. The molecule has 4 atom stereocenters. The summed E-state index contributed by atoms with van der Waals surface area (Å²) in [6.45, 7) is 4.98. The van der Waals surface area contributed by atoms with Crippen molar-refractivity contribution in [2.24, 2.45) is 17.8 Å². The largest absolute Gasteiger partial charge is 0.0619 e. The maximum atomic E-state index is 2.51. The van der Waals surface area contributed by atoms with E-state index >= 15 is 0 Å². The van der Waals surface area contributed by atoms with E-state index in [2.05, 4.69) is 60.7 Å². The van der Waals surface area contributed by atoms with Gasteiger partial charge >= 0.3 is 0 Å². The lowest BCUT2D eigenvalue weighted by atomic mass is 9.69. The molecule has 16 heavy (non-hydrogen) atoms. The number of hydrogen-bond acceptors (Lipinski definition) is 0. The van der Waals surface area contributed by atoms with Crippen LogP contribution in [-0.2, 0) is 5.41 Å². The van der Waals surface area contributed by atoms with Gasteiger partial charge in [-0.2, -0.15) is 0 Å². The van der Waals surface area contributed by atoms with Gasteiger partial charge in [0.15, 0.2) is 0 Å². The Morgan fingerprint density at radius 2 is 2.00 bits per heavy atom. The van der Waals surface area contributed by atoms with Crippen LogP contribution in [0.1, 0.15) is 38.7 Å². The predicted molar refractivity (Wildman–Crippen MR) is 76.5 cm³/mol. The first kappa shape index (κ1) is 11.1. The van der Waals surface area contributed by atoms with E-state index in [-0.39, 0.29) is 0 Å². The van der Waals surface area contributed by atoms with Crippen molar-refractivity contribution in [3.05, 3.63) is 33.4 Å². The third-order valence-electron chi connectivity index (χ3n) is 5.22. The molecule has 0 nitrogen and oxygen atoms in total. The maximum Gasteiger partial charge on any atom is 0.0168 e. The first-order valence-electron chi connectivity index (χ1n) is 6.38. The van der Waals surface area contributed by atoms with Gasteiger partial charge in [0, 0.05) is 3.57 Å². The summed E-state index contributed by atoms with van der Waals surface area (Å²) in [5.41, 5.74) is 2.06. The van der Waals surface area contributed by atoms with Gasteiger partial charge in [-0.05, 0) is 76.7 Å². The third-order valence-corrected chi connectivity index (χ3v) is 6.16. The molecule has 1 aromatic rings. The van der Waals surface area contributed by atoms with E-state index in [0.717, 1.165) is 17.8 Å². The summed E-state index contributed by atoms with van der Waals surface area (Å²) in [6.07, 6.45) is 4.34. The van der Waals surface area contributed by atoms with Gasteiger partial charge in [0.25, 0.3) is 0 Å². The Morgan fingerprint density at radius 3 is 2.56 bits per heavy atom. The van der Waals surface area contributed by atoms with Crippen LogP contribution in [0.3, 0.4) is 0 Å². The summed E-state index contributed by atoms with van der Waals surface area (Å²) in [5.74, 6) is 2.86. The SMILES string of the molecule is C[C@H]1C2CCC1C(C)(c1ccccc1I)C2. The maximum absolute atomic E-state index is 2.51. The van der Waals surface area contributed by atoms with E-state index in [1.807, 2.05) is 0 Å². The van der Waals surface area contributed by atoms with Crippen molar-refractivity contribution in [2.45, 2.75) is 38.5 Å². The highest BCUT2D eigenvalue weighted by Gasteiger charge is 2.53. The average molecular weight is 326 g/mol. The Hall–Kier alpha value is -0.0500. The van der Waals surface area contributed by atoms with Crippen LogP contribution in [0.4, 0.5) is 0 Å². The first-order valence-corrected chi connectivity index (χ1v) is 7.46. The second kappa shape index (κ2) is 3.72. The van der Waals surface area contributed by atoms with Gasteiger partial charge in [-0.3, -0.25) is 0 Å². The van der Waals surface area contributed by atoms with Crippen LogP contribution in [0, 0.1) is 21.3 Å².